The maximum Gasteiger partial charge on any atom is 0.136 e. The number of nitrogens with zero attached hydrogens (tertiary/aromatic N) is 3. The molecule has 0 radical (unpaired) electrons. The van der Waals surface area contributed by atoms with E-state index in [0.717, 1.165) is 50.0 Å². The molecular formula is C54H33N3O. The smallest absolute Gasteiger partial charge is 0.136 e. The highest BCUT2D eigenvalue weighted by molar-refractivity contribution is 6.20. The molecule has 9 aromatic carbocycles. The minimum absolute atomic E-state index is 0.908. The molecule has 0 N–H and O–H groups in total. The van der Waals surface area contributed by atoms with Gasteiger partial charge in [0.25, 0.3) is 0 Å². The van der Waals surface area contributed by atoms with E-state index in [9.17, 15) is 0 Å². The van der Waals surface area contributed by atoms with Crippen molar-refractivity contribution in [3.63, 3.8) is 0 Å². The second-order valence-electron chi connectivity index (χ2n) is 15.3. The van der Waals surface area contributed by atoms with E-state index in [4.69, 9.17) is 4.42 Å². The molecule has 58 heavy (non-hydrogen) atoms. The van der Waals surface area contributed by atoms with Crippen molar-refractivity contribution < 1.29 is 4.42 Å². The van der Waals surface area contributed by atoms with Crippen LogP contribution in [0.2, 0.25) is 0 Å². The lowest BCUT2D eigenvalue weighted by molar-refractivity contribution is 0.669. The SMILES string of the molecule is c1ccc(-n2c3cc(-c4ccc5c(c4)c4cc6c7ccccc7n(-c7ccccc7)c6cc4n5-c4ccccc4)ccc3c3cc4oc5ccccc5c4cc32)cc1. The average Bonchev–Trinajstić information content (AvgIpc) is 4.01. The van der Waals surface area contributed by atoms with Crippen LogP contribution in [0.1, 0.15) is 0 Å². The molecule has 0 fully saturated rings. The molecule has 0 bridgehead atoms. The summed E-state index contributed by atoms with van der Waals surface area (Å²) in [7, 11) is 0. The van der Waals surface area contributed by atoms with Crippen molar-refractivity contribution >= 4 is 87.4 Å². The summed E-state index contributed by atoms with van der Waals surface area (Å²) in [6.07, 6.45) is 0. The molecule has 0 aliphatic heterocycles. The molecular weight excluding hydrogens is 707 g/mol. The first-order chi connectivity index (χ1) is 28.8. The largest absolute Gasteiger partial charge is 0.456 e. The first-order valence-corrected chi connectivity index (χ1v) is 19.8. The van der Waals surface area contributed by atoms with Crippen molar-refractivity contribution in [2.75, 3.05) is 0 Å². The second-order valence-corrected chi connectivity index (χ2v) is 15.3. The van der Waals surface area contributed by atoms with Crippen LogP contribution in [0, 0.1) is 0 Å². The van der Waals surface area contributed by atoms with Crippen LogP contribution in [-0.4, -0.2) is 13.7 Å². The van der Waals surface area contributed by atoms with Gasteiger partial charge in [-0.05, 0) is 102 Å². The van der Waals surface area contributed by atoms with Crippen molar-refractivity contribution in [3.05, 3.63) is 200 Å². The van der Waals surface area contributed by atoms with Crippen LogP contribution in [0.15, 0.2) is 205 Å². The standard InChI is InChI=1S/C54H33N3O/c1-4-14-36(15-5-1)55-47-22-12-10-20-39(47)43-30-44-42-28-34(25-27-48(42)56(52(44)33-51(43)55)37-16-6-2-7-17-37)35-24-26-40-45-32-54-46(41-21-11-13-23-53(41)58-54)31-50(45)57(49(40)29-35)38-18-8-3-9-19-38/h1-33H. The number of furan rings is 1. The van der Waals surface area contributed by atoms with Gasteiger partial charge in [-0.3, -0.25) is 0 Å². The predicted octanol–water partition coefficient (Wildman–Crippen LogP) is 14.5. The van der Waals surface area contributed by atoms with Crippen molar-refractivity contribution in [1.82, 2.24) is 13.7 Å². The summed E-state index contributed by atoms with van der Waals surface area (Å²) in [5.74, 6) is 0. The fourth-order valence-corrected chi connectivity index (χ4v) is 9.64. The summed E-state index contributed by atoms with van der Waals surface area (Å²) in [5.41, 5.74) is 14.7. The molecule has 0 aliphatic carbocycles. The minimum atomic E-state index is 0.908. The summed E-state index contributed by atoms with van der Waals surface area (Å²) < 4.78 is 13.6. The van der Waals surface area contributed by atoms with Gasteiger partial charge in [0.05, 0.1) is 33.1 Å². The minimum Gasteiger partial charge on any atom is -0.456 e. The first kappa shape index (κ1) is 31.4. The number of hydrogen-bond donors (Lipinski definition) is 0. The molecule has 0 aliphatic rings. The number of rotatable bonds is 4. The molecule has 4 aromatic heterocycles. The van der Waals surface area contributed by atoms with Gasteiger partial charge < -0.3 is 18.1 Å². The summed E-state index contributed by atoms with van der Waals surface area (Å²) >= 11 is 0. The van der Waals surface area contributed by atoms with Crippen molar-refractivity contribution in [2.24, 2.45) is 0 Å². The average molecular weight is 740 g/mol. The zero-order valence-corrected chi connectivity index (χ0v) is 31.3. The third-order valence-corrected chi connectivity index (χ3v) is 12.2. The number of fused-ring (bicyclic) bond motifs is 12. The highest BCUT2D eigenvalue weighted by Crippen LogP contribution is 2.43. The van der Waals surface area contributed by atoms with E-state index in [1.165, 1.54) is 65.5 Å². The number of para-hydroxylation sites is 5. The molecule has 270 valence electrons. The van der Waals surface area contributed by atoms with Crippen LogP contribution in [0.4, 0.5) is 0 Å². The van der Waals surface area contributed by atoms with Gasteiger partial charge in [0.1, 0.15) is 11.2 Å². The van der Waals surface area contributed by atoms with Gasteiger partial charge >= 0.3 is 0 Å². The topological polar surface area (TPSA) is 27.9 Å². The monoisotopic (exact) mass is 739 g/mol. The predicted molar refractivity (Wildman–Crippen MR) is 242 cm³/mol. The molecule has 0 amide bonds. The Kier molecular flexibility index (Phi) is 6.41. The quantitative estimate of drug-likeness (QED) is 0.177. The fourth-order valence-electron chi connectivity index (χ4n) is 9.64. The van der Waals surface area contributed by atoms with Crippen LogP contribution in [0.3, 0.4) is 0 Å². The van der Waals surface area contributed by atoms with E-state index < -0.39 is 0 Å². The van der Waals surface area contributed by atoms with Crippen LogP contribution in [0.25, 0.3) is 116 Å². The lowest BCUT2D eigenvalue weighted by Crippen LogP contribution is -1.95. The Balaban J connectivity index is 1.08. The van der Waals surface area contributed by atoms with Crippen molar-refractivity contribution in [1.29, 1.82) is 0 Å². The van der Waals surface area contributed by atoms with Gasteiger partial charge in [-0.15, -0.1) is 0 Å². The van der Waals surface area contributed by atoms with Crippen LogP contribution >= 0.6 is 0 Å². The number of aromatic nitrogens is 3. The lowest BCUT2D eigenvalue weighted by atomic mass is 10.0. The number of benzene rings is 9. The first-order valence-electron chi connectivity index (χ1n) is 19.8. The van der Waals surface area contributed by atoms with Crippen LogP contribution < -0.4 is 0 Å². The molecule has 13 aromatic rings. The van der Waals surface area contributed by atoms with Gasteiger partial charge in [0.15, 0.2) is 0 Å². The molecule has 4 heteroatoms. The Bertz CT molecular complexity index is 3770. The summed E-state index contributed by atoms with van der Waals surface area (Å²) in [5, 5.41) is 9.60. The zero-order valence-electron chi connectivity index (χ0n) is 31.3. The van der Waals surface area contributed by atoms with Crippen LogP contribution in [-0.2, 0) is 0 Å². The highest BCUT2D eigenvalue weighted by Gasteiger charge is 2.21. The molecule has 0 spiro atoms. The summed E-state index contributed by atoms with van der Waals surface area (Å²) in [4.78, 5) is 0. The summed E-state index contributed by atoms with van der Waals surface area (Å²) in [6, 6.07) is 72.6. The Morgan fingerprint density at radius 3 is 1.41 bits per heavy atom. The van der Waals surface area contributed by atoms with Crippen molar-refractivity contribution in [2.45, 2.75) is 0 Å². The van der Waals surface area contributed by atoms with Gasteiger partial charge in [0, 0.05) is 60.2 Å². The van der Waals surface area contributed by atoms with Crippen molar-refractivity contribution in [3.8, 4) is 28.2 Å². The van der Waals surface area contributed by atoms with Gasteiger partial charge in [-0.1, -0.05) is 109 Å². The highest BCUT2D eigenvalue weighted by atomic mass is 16.3. The van der Waals surface area contributed by atoms with E-state index in [2.05, 4.69) is 208 Å². The Labute approximate surface area is 332 Å². The zero-order chi connectivity index (χ0) is 37.9. The maximum absolute atomic E-state index is 6.39. The molecule has 0 unspecified atom stereocenters. The number of hydrogen-bond acceptors (Lipinski definition) is 1. The summed E-state index contributed by atoms with van der Waals surface area (Å²) in [6.45, 7) is 0. The van der Waals surface area contributed by atoms with E-state index in [0.29, 0.717) is 0 Å². The molecule has 4 nitrogen and oxygen atoms in total. The van der Waals surface area contributed by atoms with E-state index >= 15 is 0 Å². The Hall–Kier alpha value is -7.82. The second kappa shape index (κ2) is 11.8. The van der Waals surface area contributed by atoms with Crippen LogP contribution in [0.5, 0.6) is 0 Å². The Morgan fingerprint density at radius 1 is 0.241 bits per heavy atom. The third-order valence-electron chi connectivity index (χ3n) is 12.2. The van der Waals surface area contributed by atoms with Gasteiger partial charge in [-0.2, -0.15) is 0 Å². The Morgan fingerprint density at radius 2 is 0.707 bits per heavy atom. The van der Waals surface area contributed by atoms with E-state index in [-0.39, 0.29) is 0 Å². The fraction of sp³-hybridized carbons (Fsp3) is 0. The maximum atomic E-state index is 6.39. The molecule has 0 saturated heterocycles. The molecule has 0 saturated carbocycles. The molecule has 13 rings (SSSR count). The lowest BCUT2D eigenvalue weighted by Gasteiger charge is -2.10. The molecule has 4 heterocycles. The normalized spacial score (nSPS) is 12.1. The van der Waals surface area contributed by atoms with E-state index in [1.807, 2.05) is 6.07 Å². The van der Waals surface area contributed by atoms with Gasteiger partial charge in [0.2, 0.25) is 0 Å². The van der Waals surface area contributed by atoms with E-state index in [1.54, 1.807) is 0 Å². The van der Waals surface area contributed by atoms with Gasteiger partial charge in [-0.25, -0.2) is 0 Å². The molecule has 0 atom stereocenters. The third kappa shape index (κ3) is 4.40.